The second-order valence-electron chi connectivity index (χ2n) is 4.65. The minimum Gasteiger partial charge on any atom is -0.497 e. The summed E-state index contributed by atoms with van der Waals surface area (Å²) in [6.07, 6.45) is 2.18. The average Bonchev–Trinajstić information content (AvgIpc) is 2.53. The van der Waals surface area contributed by atoms with Gasteiger partial charge in [-0.15, -0.1) is 0 Å². The van der Waals surface area contributed by atoms with Gasteiger partial charge in [0, 0.05) is 12.3 Å². The number of ether oxygens (including phenoxy) is 1. The van der Waals surface area contributed by atoms with E-state index in [1.165, 1.54) is 18.3 Å². The molecule has 5 nitrogen and oxygen atoms in total. The number of nitrogens with one attached hydrogen (secondary N) is 2. The lowest BCUT2D eigenvalue weighted by Gasteiger charge is -2.17. The van der Waals surface area contributed by atoms with Crippen LogP contribution in [0.1, 0.15) is 35.3 Å². The van der Waals surface area contributed by atoms with Crippen LogP contribution in [0.3, 0.4) is 0 Å². The zero-order chi connectivity index (χ0) is 15.2. The molecule has 5 heteroatoms. The molecule has 0 bridgehead atoms. The fourth-order valence-electron chi connectivity index (χ4n) is 2.05. The first-order valence-electron chi connectivity index (χ1n) is 6.77. The van der Waals surface area contributed by atoms with Crippen LogP contribution in [0.4, 0.5) is 0 Å². The number of aromatic amines is 1. The second kappa shape index (κ2) is 6.74. The van der Waals surface area contributed by atoms with Crippen LogP contribution in [0.2, 0.25) is 0 Å². The molecule has 21 heavy (non-hydrogen) atoms. The number of pyridine rings is 1. The van der Waals surface area contributed by atoms with Gasteiger partial charge < -0.3 is 15.0 Å². The highest BCUT2D eigenvalue weighted by Crippen LogP contribution is 2.20. The van der Waals surface area contributed by atoms with Crippen LogP contribution < -0.4 is 15.6 Å². The van der Waals surface area contributed by atoms with Gasteiger partial charge in [-0.25, -0.2) is 0 Å². The van der Waals surface area contributed by atoms with Crippen LogP contribution >= 0.6 is 0 Å². The van der Waals surface area contributed by atoms with Crippen molar-refractivity contribution in [1.82, 2.24) is 10.3 Å². The summed E-state index contributed by atoms with van der Waals surface area (Å²) in [6.45, 7) is 2.00. The number of aromatic nitrogens is 1. The third-order valence-corrected chi connectivity index (χ3v) is 3.28. The Hall–Kier alpha value is -2.56. The van der Waals surface area contributed by atoms with E-state index >= 15 is 0 Å². The first-order chi connectivity index (χ1) is 10.1. The largest absolute Gasteiger partial charge is 0.497 e. The molecule has 0 fully saturated rings. The molecule has 1 unspecified atom stereocenters. The Kier molecular flexibility index (Phi) is 4.77. The number of H-pyrrole nitrogens is 1. The van der Waals surface area contributed by atoms with Crippen LogP contribution in [0, 0.1) is 0 Å². The van der Waals surface area contributed by atoms with Gasteiger partial charge in [0.15, 0.2) is 0 Å². The normalized spacial score (nSPS) is 11.7. The Balaban J connectivity index is 2.12. The van der Waals surface area contributed by atoms with Crippen molar-refractivity contribution < 1.29 is 9.53 Å². The van der Waals surface area contributed by atoms with Gasteiger partial charge in [0.2, 0.25) is 5.56 Å². The van der Waals surface area contributed by atoms with Crippen molar-refractivity contribution in [2.75, 3.05) is 7.11 Å². The van der Waals surface area contributed by atoms with Gasteiger partial charge in [-0.05, 0) is 30.2 Å². The predicted octanol–water partition coefficient (Wildman–Crippen LogP) is 2.26. The van der Waals surface area contributed by atoms with Crippen molar-refractivity contribution in [3.05, 3.63) is 64.1 Å². The van der Waals surface area contributed by atoms with Crippen LogP contribution in [0.5, 0.6) is 5.75 Å². The SMILES string of the molecule is CCC(NC(=O)c1ccc(=O)[nH]c1)c1ccc(OC)cc1. The molecule has 0 saturated heterocycles. The maximum Gasteiger partial charge on any atom is 0.253 e. The molecule has 1 amide bonds. The van der Waals surface area contributed by atoms with Crippen LogP contribution in [0.25, 0.3) is 0 Å². The smallest absolute Gasteiger partial charge is 0.253 e. The molecular weight excluding hydrogens is 268 g/mol. The second-order valence-corrected chi connectivity index (χ2v) is 4.65. The van der Waals surface area contributed by atoms with Gasteiger partial charge in [0.1, 0.15) is 5.75 Å². The summed E-state index contributed by atoms with van der Waals surface area (Å²) in [7, 11) is 1.62. The van der Waals surface area contributed by atoms with Gasteiger partial charge in [-0.2, -0.15) is 0 Å². The Morgan fingerprint density at radius 3 is 2.48 bits per heavy atom. The third-order valence-electron chi connectivity index (χ3n) is 3.28. The molecule has 2 N–H and O–H groups in total. The molecule has 0 aliphatic heterocycles. The molecule has 0 aliphatic rings. The summed E-state index contributed by atoms with van der Waals surface area (Å²) in [5, 5.41) is 2.95. The molecular formula is C16H18N2O3. The first-order valence-corrected chi connectivity index (χ1v) is 6.77. The van der Waals surface area contributed by atoms with Crippen LogP contribution in [-0.2, 0) is 0 Å². The highest BCUT2D eigenvalue weighted by molar-refractivity contribution is 5.94. The predicted molar refractivity (Wildman–Crippen MR) is 80.6 cm³/mol. The molecule has 1 aromatic carbocycles. The van der Waals surface area contributed by atoms with Crippen LogP contribution in [0.15, 0.2) is 47.4 Å². The van der Waals surface area contributed by atoms with Gasteiger partial charge in [0.25, 0.3) is 5.91 Å². The van der Waals surface area contributed by atoms with E-state index in [-0.39, 0.29) is 17.5 Å². The van der Waals surface area contributed by atoms with Crippen molar-refractivity contribution in [3.63, 3.8) is 0 Å². The van der Waals surface area contributed by atoms with Crippen LogP contribution in [-0.4, -0.2) is 18.0 Å². The van der Waals surface area contributed by atoms with E-state index in [1.54, 1.807) is 7.11 Å². The Morgan fingerprint density at radius 2 is 1.95 bits per heavy atom. The average molecular weight is 286 g/mol. The zero-order valence-electron chi connectivity index (χ0n) is 12.1. The van der Waals surface area contributed by atoms with E-state index in [1.807, 2.05) is 31.2 Å². The van der Waals surface area contributed by atoms with E-state index in [2.05, 4.69) is 10.3 Å². The Bertz CT molecular complexity index is 641. The van der Waals surface area contributed by atoms with Crippen molar-refractivity contribution >= 4 is 5.91 Å². The molecule has 0 radical (unpaired) electrons. The standard InChI is InChI=1S/C16H18N2O3/c1-3-14(11-4-7-13(21-2)8-5-11)18-16(20)12-6-9-15(19)17-10-12/h4-10,14H,3H2,1-2H3,(H,17,19)(H,18,20). The quantitative estimate of drug-likeness (QED) is 0.885. The summed E-state index contributed by atoms with van der Waals surface area (Å²) < 4.78 is 5.12. The Labute approximate surface area is 123 Å². The number of carbonyl (C=O) groups is 1. The van der Waals surface area contributed by atoms with Gasteiger partial charge in [0.05, 0.1) is 18.7 Å². The minimum absolute atomic E-state index is 0.0877. The van der Waals surface area contributed by atoms with Crippen molar-refractivity contribution in [2.45, 2.75) is 19.4 Å². The third kappa shape index (κ3) is 3.72. The number of methoxy groups -OCH3 is 1. The van der Waals surface area contributed by atoms with Crippen molar-refractivity contribution in [1.29, 1.82) is 0 Å². The lowest BCUT2D eigenvalue weighted by Crippen LogP contribution is -2.28. The van der Waals surface area contributed by atoms with E-state index in [9.17, 15) is 9.59 Å². The summed E-state index contributed by atoms with van der Waals surface area (Å²) in [4.78, 5) is 25.7. The summed E-state index contributed by atoms with van der Waals surface area (Å²) in [6, 6.07) is 10.3. The maximum absolute atomic E-state index is 12.2. The molecule has 1 heterocycles. The zero-order valence-corrected chi connectivity index (χ0v) is 12.1. The highest BCUT2D eigenvalue weighted by Gasteiger charge is 2.14. The topological polar surface area (TPSA) is 71.2 Å². The Morgan fingerprint density at radius 1 is 1.24 bits per heavy atom. The number of benzene rings is 1. The lowest BCUT2D eigenvalue weighted by atomic mass is 10.0. The molecule has 0 spiro atoms. The molecule has 1 atom stereocenters. The van der Waals surface area contributed by atoms with E-state index in [0.717, 1.165) is 17.7 Å². The minimum atomic E-state index is -0.228. The van der Waals surface area contributed by atoms with Crippen molar-refractivity contribution in [3.8, 4) is 5.75 Å². The van der Waals surface area contributed by atoms with Gasteiger partial charge in [-0.1, -0.05) is 19.1 Å². The monoisotopic (exact) mass is 286 g/mol. The molecule has 1 aromatic heterocycles. The van der Waals surface area contributed by atoms with E-state index in [0.29, 0.717) is 5.56 Å². The number of amides is 1. The van der Waals surface area contributed by atoms with Gasteiger partial charge >= 0.3 is 0 Å². The molecule has 2 rings (SSSR count). The molecule has 110 valence electrons. The van der Waals surface area contributed by atoms with E-state index < -0.39 is 0 Å². The number of rotatable bonds is 5. The fraction of sp³-hybridized carbons (Fsp3) is 0.250. The maximum atomic E-state index is 12.2. The summed E-state index contributed by atoms with van der Waals surface area (Å²) >= 11 is 0. The first kappa shape index (κ1) is 14.8. The number of carbonyl (C=O) groups excluding carboxylic acids is 1. The highest BCUT2D eigenvalue weighted by atomic mass is 16.5. The van der Waals surface area contributed by atoms with Gasteiger partial charge in [-0.3, -0.25) is 9.59 Å². The van der Waals surface area contributed by atoms with E-state index in [4.69, 9.17) is 4.74 Å². The molecule has 2 aromatic rings. The number of hydrogen-bond acceptors (Lipinski definition) is 3. The summed E-state index contributed by atoms with van der Waals surface area (Å²) in [5.74, 6) is 0.564. The fourth-order valence-corrected chi connectivity index (χ4v) is 2.05. The summed E-state index contributed by atoms with van der Waals surface area (Å²) in [5.41, 5.74) is 1.21. The lowest BCUT2D eigenvalue weighted by molar-refractivity contribution is 0.0935. The molecule has 0 saturated carbocycles. The number of hydrogen-bond donors (Lipinski definition) is 2. The van der Waals surface area contributed by atoms with Crippen molar-refractivity contribution in [2.24, 2.45) is 0 Å². The molecule has 0 aliphatic carbocycles.